The summed E-state index contributed by atoms with van der Waals surface area (Å²) >= 11 is 3.00. The molecule has 96 valence electrons. The molecule has 0 rings (SSSR count). The van der Waals surface area contributed by atoms with Crippen LogP contribution in [-0.2, 0) is 9.53 Å². The van der Waals surface area contributed by atoms with Crippen molar-refractivity contribution in [1.82, 2.24) is 4.90 Å². The zero-order chi connectivity index (χ0) is 12.9. The van der Waals surface area contributed by atoms with Gasteiger partial charge in [-0.1, -0.05) is 15.9 Å². The van der Waals surface area contributed by atoms with Crippen LogP contribution < -0.4 is 0 Å². The molecule has 0 aromatic heterocycles. The third kappa shape index (κ3) is 6.32. The van der Waals surface area contributed by atoms with Crippen LogP contribution in [0.5, 0.6) is 0 Å². The minimum Gasteiger partial charge on any atom is -0.468 e. The average molecular weight is 306 g/mol. The van der Waals surface area contributed by atoms with Crippen LogP contribution in [0.25, 0.3) is 0 Å². The fraction of sp³-hybridized carbons (Fsp3) is 0.889. The lowest BCUT2D eigenvalue weighted by molar-refractivity contribution is -0.153. The maximum absolute atomic E-state index is 12.2. The first kappa shape index (κ1) is 15.7. The number of hydrogen-bond donors (Lipinski definition) is 0. The van der Waals surface area contributed by atoms with Crippen LogP contribution in [0.1, 0.15) is 13.8 Å². The number of carbonyl (C=O) groups excluding carboxylic acids is 1. The summed E-state index contributed by atoms with van der Waals surface area (Å²) in [5.74, 6) is -0.576. The summed E-state index contributed by atoms with van der Waals surface area (Å²) in [5.41, 5.74) is 0. The summed E-state index contributed by atoms with van der Waals surface area (Å²) in [6.07, 6.45) is -4.27. The van der Waals surface area contributed by atoms with Crippen molar-refractivity contribution in [2.24, 2.45) is 0 Å². The number of esters is 1. The van der Waals surface area contributed by atoms with Crippen LogP contribution in [0.15, 0.2) is 0 Å². The molecule has 0 aliphatic heterocycles. The molecule has 0 aromatic rings. The Balaban J connectivity index is 4.40. The molecule has 0 fully saturated rings. The number of nitrogens with zero attached hydrogens (tertiary/aromatic N) is 1. The molecule has 1 unspecified atom stereocenters. The molecule has 7 heteroatoms. The predicted molar refractivity (Wildman–Crippen MR) is 57.5 cm³/mol. The Bertz CT molecular complexity index is 233. The lowest BCUT2D eigenvalue weighted by Gasteiger charge is -2.28. The predicted octanol–water partition coefficient (Wildman–Crippen LogP) is 2.20. The normalized spacial score (nSPS) is 14.3. The molecule has 0 saturated heterocycles. The van der Waals surface area contributed by atoms with Gasteiger partial charge in [-0.25, -0.2) is 0 Å². The van der Waals surface area contributed by atoms with E-state index in [-0.39, 0.29) is 12.6 Å². The molecule has 16 heavy (non-hydrogen) atoms. The van der Waals surface area contributed by atoms with Gasteiger partial charge in [0.25, 0.3) is 0 Å². The molecule has 0 N–H and O–H groups in total. The van der Waals surface area contributed by atoms with E-state index >= 15 is 0 Å². The van der Waals surface area contributed by atoms with E-state index < -0.39 is 23.5 Å². The lowest BCUT2D eigenvalue weighted by atomic mass is 10.3. The zero-order valence-electron chi connectivity index (χ0n) is 9.34. The van der Waals surface area contributed by atoms with Crippen molar-refractivity contribution in [3.63, 3.8) is 0 Å². The standard InChI is InChI=1S/C9H15BrF3NO2/c1-6(2)14(5-9(11,12)13)4-7(10)8(15)16-3/h6-7H,4-5H2,1-3H3. The fourth-order valence-corrected chi connectivity index (χ4v) is 1.66. The first-order valence-corrected chi connectivity index (χ1v) is 5.61. The number of methoxy groups -OCH3 is 1. The van der Waals surface area contributed by atoms with Gasteiger partial charge in [-0.05, 0) is 13.8 Å². The molecule has 0 aromatic carbocycles. The molecule has 1 atom stereocenters. The number of ether oxygens (including phenoxy) is 1. The molecule has 0 aliphatic carbocycles. The first-order chi connectivity index (χ1) is 7.17. The van der Waals surface area contributed by atoms with Crippen LogP contribution in [0, 0.1) is 0 Å². The molecule has 0 heterocycles. The second-order valence-corrected chi connectivity index (χ2v) is 4.73. The highest BCUT2D eigenvalue weighted by Crippen LogP contribution is 2.19. The maximum atomic E-state index is 12.2. The van der Waals surface area contributed by atoms with E-state index in [0.717, 1.165) is 4.90 Å². The number of rotatable bonds is 5. The Kier molecular flexibility index (Phi) is 6.32. The largest absolute Gasteiger partial charge is 0.468 e. The van der Waals surface area contributed by atoms with Gasteiger partial charge in [0.15, 0.2) is 0 Å². The van der Waals surface area contributed by atoms with E-state index in [4.69, 9.17) is 0 Å². The summed E-state index contributed by atoms with van der Waals surface area (Å²) < 4.78 is 41.1. The van der Waals surface area contributed by atoms with Crippen LogP contribution in [0.2, 0.25) is 0 Å². The van der Waals surface area contributed by atoms with Crippen molar-refractivity contribution in [3.8, 4) is 0 Å². The zero-order valence-corrected chi connectivity index (χ0v) is 10.9. The third-order valence-corrected chi connectivity index (χ3v) is 2.63. The Morgan fingerprint density at radius 3 is 2.25 bits per heavy atom. The Hall–Kier alpha value is -0.300. The summed E-state index contributed by atoms with van der Waals surface area (Å²) in [6, 6.07) is -0.300. The minimum atomic E-state index is -4.27. The molecular weight excluding hydrogens is 291 g/mol. The molecule has 0 bridgehead atoms. The van der Waals surface area contributed by atoms with Crippen molar-refractivity contribution < 1.29 is 22.7 Å². The molecular formula is C9H15BrF3NO2. The van der Waals surface area contributed by atoms with Crippen molar-refractivity contribution in [1.29, 1.82) is 0 Å². The van der Waals surface area contributed by atoms with E-state index in [1.165, 1.54) is 7.11 Å². The molecule has 0 radical (unpaired) electrons. The Labute approximate surface area is 101 Å². The lowest BCUT2D eigenvalue weighted by Crippen LogP contribution is -2.43. The number of carbonyl (C=O) groups is 1. The van der Waals surface area contributed by atoms with Crippen LogP contribution in [0.4, 0.5) is 13.2 Å². The number of hydrogen-bond acceptors (Lipinski definition) is 3. The van der Waals surface area contributed by atoms with E-state index in [9.17, 15) is 18.0 Å². The molecule has 0 saturated carbocycles. The van der Waals surface area contributed by atoms with Gasteiger partial charge in [0.05, 0.1) is 13.7 Å². The van der Waals surface area contributed by atoms with E-state index in [0.29, 0.717) is 0 Å². The van der Waals surface area contributed by atoms with Gasteiger partial charge in [-0.3, -0.25) is 9.69 Å². The van der Waals surface area contributed by atoms with Gasteiger partial charge < -0.3 is 4.74 Å². The third-order valence-electron chi connectivity index (χ3n) is 1.96. The maximum Gasteiger partial charge on any atom is 0.401 e. The van der Waals surface area contributed by atoms with Crippen molar-refractivity contribution in [3.05, 3.63) is 0 Å². The summed E-state index contributed by atoms with van der Waals surface area (Å²) in [5, 5.41) is 0. The van der Waals surface area contributed by atoms with Crippen molar-refractivity contribution in [2.75, 3.05) is 20.2 Å². The topological polar surface area (TPSA) is 29.5 Å². The average Bonchev–Trinajstić information content (AvgIpc) is 2.13. The van der Waals surface area contributed by atoms with Gasteiger partial charge in [0.2, 0.25) is 0 Å². The van der Waals surface area contributed by atoms with Crippen molar-refractivity contribution >= 4 is 21.9 Å². The number of halogens is 4. The van der Waals surface area contributed by atoms with Gasteiger partial charge in [0.1, 0.15) is 4.83 Å². The van der Waals surface area contributed by atoms with E-state index in [1.54, 1.807) is 13.8 Å². The molecule has 0 aliphatic rings. The summed E-state index contributed by atoms with van der Waals surface area (Å²) in [6.45, 7) is 2.21. The summed E-state index contributed by atoms with van der Waals surface area (Å²) in [7, 11) is 1.19. The Morgan fingerprint density at radius 1 is 1.44 bits per heavy atom. The van der Waals surface area contributed by atoms with Crippen LogP contribution >= 0.6 is 15.9 Å². The highest BCUT2D eigenvalue weighted by molar-refractivity contribution is 9.10. The SMILES string of the molecule is COC(=O)C(Br)CN(CC(F)(F)F)C(C)C. The minimum absolute atomic E-state index is 0.0378. The molecule has 0 amide bonds. The highest BCUT2D eigenvalue weighted by atomic mass is 79.9. The van der Waals surface area contributed by atoms with Crippen LogP contribution in [0.3, 0.4) is 0 Å². The number of alkyl halides is 4. The Morgan fingerprint density at radius 2 is 1.94 bits per heavy atom. The quantitative estimate of drug-likeness (QED) is 0.576. The second kappa shape index (κ2) is 6.44. The van der Waals surface area contributed by atoms with Gasteiger partial charge in [0, 0.05) is 12.6 Å². The highest BCUT2D eigenvalue weighted by Gasteiger charge is 2.33. The van der Waals surface area contributed by atoms with E-state index in [2.05, 4.69) is 20.7 Å². The van der Waals surface area contributed by atoms with Gasteiger partial charge in [-0.2, -0.15) is 13.2 Å². The molecule has 0 spiro atoms. The van der Waals surface area contributed by atoms with E-state index in [1.807, 2.05) is 0 Å². The summed E-state index contributed by atoms with van der Waals surface area (Å²) in [4.78, 5) is 11.5. The molecule has 3 nitrogen and oxygen atoms in total. The monoisotopic (exact) mass is 305 g/mol. The van der Waals surface area contributed by atoms with Gasteiger partial charge >= 0.3 is 12.1 Å². The van der Waals surface area contributed by atoms with Gasteiger partial charge in [-0.15, -0.1) is 0 Å². The van der Waals surface area contributed by atoms with Crippen molar-refractivity contribution in [2.45, 2.75) is 30.9 Å². The second-order valence-electron chi connectivity index (χ2n) is 3.63. The smallest absolute Gasteiger partial charge is 0.401 e. The fourth-order valence-electron chi connectivity index (χ4n) is 1.10. The van der Waals surface area contributed by atoms with Crippen LogP contribution in [-0.4, -0.2) is 48.1 Å². The first-order valence-electron chi connectivity index (χ1n) is 4.70.